The van der Waals surface area contributed by atoms with Crippen LogP contribution in [-0.4, -0.2) is 24.6 Å². The van der Waals surface area contributed by atoms with Gasteiger partial charge in [0, 0.05) is 31.9 Å². The van der Waals surface area contributed by atoms with Crippen molar-refractivity contribution in [2.45, 2.75) is 45.2 Å². The first-order valence-corrected chi connectivity index (χ1v) is 7.13. The summed E-state index contributed by atoms with van der Waals surface area (Å²) in [5.74, 6) is 2.03. The van der Waals surface area contributed by atoms with Crippen molar-refractivity contribution in [3.63, 3.8) is 0 Å². The summed E-state index contributed by atoms with van der Waals surface area (Å²) in [4.78, 5) is 7.03. The maximum Gasteiger partial charge on any atom is 0.128 e. The van der Waals surface area contributed by atoms with Gasteiger partial charge >= 0.3 is 0 Å². The number of pyridine rings is 1. The summed E-state index contributed by atoms with van der Waals surface area (Å²) < 4.78 is 0. The van der Waals surface area contributed by atoms with E-state index in [1.807, 2.05) is 0 Å². The molecule has 3 heteroatoms. The van der Waals surface area contributed by atoms with Crippen LogP contribution in [0.1, 0.15) is 36.9 Å². The topological polar surface area (TPSA) is 28.2 Å². The Hall–Kier alpha value is -1.09. The fourth-order valence-electron chi connectivity index (χ4n) is 2.30. The third-order valence-electron chi connectivity index (χ3n) is 3.96. The Morgan fingerprint density at radius 2 is 2.06 bits per heavy atom. The summed E-state index contributed by atoms with van der Waals surface area (Å²) in [5.41, 5.74) is 2.51. The maximum atomic E-state index is 4.74. The second-order valence-corrected chi connectivity index (χ2v) is 5.89. The van der Waals surface area contributed by atoms with Crippen molar-refractivity contribution >= 4 is 5.82 Å². The summed E-state index contributed by atoms with van der Waals surface area (Å²) in [6.45, 7) is 4.25. The van der Waals surface area contributed by atoms with E-state index >= 15 is 0 Å². The Balaban J connectivity index is 1.62. The molecule has 3 nitrogen and oxygen atoms in total. The van der Waals surface area contributed by atoms with E-state index in [1.54, 1.807) is 0 Å². The normalized spacial score (nSPS) is 19.0. The molecule has 2 fully saturated rings. The minimum absolute atomic E-state index is 0.765. The molecule has 3 rings (SSSR count). The highest BCUT2D eigenvalue weighted by atomic mass is 15.2. The van der Waals surface area contributed by atoms with Crippen LogP contribution in [0.15, 0.2) is 12.1 Å². The Morgan fingerprint density at radius 3 is 2.67 bits per heavy atom. The molecule has 1 aromatic heterocycles. The molecular formula is C15H23N3. The molecule has 0 atom stereocenters. The van der Waals surface area contributed by atoms with E-state index in [9.17, 15) is 0 Å². The number of hydrogen-bond donors (Lipinski definition) is 1. The van der Waals surface area contributed by atoms with Gasteiger partial charge in [0.25, 0.3) is 0 Å². The van der Waals surface area contributed by atoms with E-state index < -0.39 is 0 Å². The Bertz CT molecular complexity index is 422. The molecule has 18 heavy (non-hydrogen) atoms. The predicted molar refractivity (Wildman–Crippen MR) is 74.8 cm³/mol. The lowest BCUT2D eigenvalue weighted by Crippen LogP contribution is -2.22. The van der Waals surface area contributed by atoms with Crippen LogP contribution in [0.5, 0.6) is 0 Å². The summed E-state index contributed by atoms with van der Waals surface area (Å²) in [6, 6.07) is 5.16. The minimum Gasteiger partial charge on any atom is -0.359 e. The largest absolute Gasteiger partial charge is 0.359 e. The van der Waals surface area contributed by atoms with Crippen LogP contribution >= 0.6 is 0 Å². The number of rotatable bonds is 6. The maximum absolute atomic E-state index is 4.74. The third kappa shape index (κ3) is 3.02. The first-order chi connectivity index (χ1) is 8.72. The molecule has 0 amide bonds. The van der Waals surface area contributed by atoms with Crippen LogP contribution in [0.3, 0.4) is 0 Å². The molecule has 0 saturated heterocycles. The number of nitrogens with one attached hydrogen (secondary N) is 1. The zero-order valence-electron chi connectivity index (χ0n) is 11.4. The molecule has 0 radical (unpaired) electrons. The van der Waals surface area contributed by atoms with Gasteiger partial charge in [-0.2, -0.15) is 0 Å². The first kappa shape index (κ1) is 12.0. The lowest BCUT2D eigenvalue weighted by molar-refractivity contribution is 0.681. The van der Waals surface area contributed by atoms with Gasteiger partial charge in [-0.25, -0.2) is 4.98 Å². The van der Waals surface area contributed by atoms with Gasteiger partial charge in [0.05, 0.1) is 0 Å². The van der Waals surface area contributed by atoms with Gasteiger partial charge in [0.15, 0.2) is 0 Å². The van der Waals surface area contributed by atoms with Gasteiger partial charge in [0.1, 0.15) is 5.82 Å². The number of anilines is 1. The molecule has 0 spiro atoms. The Morgan fingerprint density at radius 1 is 1.28 bits per heavy atom. The lowest BCUT2D eigenvalue weighted by atomic mass is 10.2. The average Bonchev–Trinajstić information content (AvgIpc) is 3.22. The van der Waals surface area contributed by atoms with Crippen molar-refractivity contribution in [2.75, 3.05) is 18.5 Å². The van der Waals surface area contributed by atoms with Crippen molar-refractivity contribution < 1.29 is 0 Å². The molecule has 0 aliphatic heterocycles. The minimum atomic E-state index is 0.765. The van der Waals surface area contributed by atoms with E-state index in [-0.39, 0.29) is 0 Å². The van der Waals surface area contributed by atoms with E-state index in [2.05, 4.69) is 36.3 Å². The molecule has 0 bridgehead atoms. The van der Waals surface area contributed by atoms with Gasteiger partial charge in [-0.05, 0) is 50.2 Å². The standard InChI is InChI=1S/C15H23N3/c1-11-13(9-16-14-6-7-14)5-8-15(17-11)18(2)10-12-3-4-12/h5,8,12,14,16H,3-4,6-7,9-10H2,1-2H3. The predicted octanol–water partition coefficient (Wildman–Crippen LogP) is 2.49. The zero-order chi connectivity index (χ0) is 12.5. The number of hydrogen-bond acceptors (Lipinski definition) is 3. The molecule has 2 saturated carbocycles. The van der Waals surface area contributed by atoms with Crippen LogP contribution in [0, 0.1) is 12.8 Å². The molecule has 2 aliphatic rings. The molecule has 1 aromatic rings. The SMILES string of the molecule is Cc1nc(N(C)CC2CC2)ccc1CNC1CC1. The van der Waals surface area contributed by atoms with Crippen molar-refractivity contribution in [1.29, 1.82) is 0 Å². The molecule has 2 aliphatic carbocycles. The molecular weight excluding hydrogens is 222 g/mol. The molecule has 1 heterocycles. The monoisotopic (exact) mass is 245 g/mol. The highest BCUT2D eigenvalue weighted by Gasteiger charge is 2.23. The van der Waals surface area contributed by atoms with Crippen LogP contribution in [0.25, 0.3) is 0 Å². The van der Waals surface area contributed by atoms with Gasteiger partial charge in [-0.1, -0.05) is 6.07 Å². The smallest absolute Gasteiger partial charge is 0.128 e. The van der Waals surface area contributed by atoms with Gasteiger partial charge in [-0.3, -0.25) is 0 Å². The highest BCUT2D eigenvalue weighted by molar-refractivity contribution is 5.41. The Kier molecular flexibility index (Phi) is 3.25. The summed E-state index contributed by atoms with van der Waals surface area (Å²) in [7, 11) is 2.15. The molecule has 1 N–H and O–H groups in total. The first-order valence-electron chi connectivity index (χ1n) is 7.13. The van der Waals surface area contributed by atoms with Crippen molar-refractivity contribution in [3.8, 4) is 0 Å². The van der Waals surface area contributed by atoms with Crippen molar-refractivity contribution in [3.05, 3.63) is 23.4 Å². The van der Waals surface area contributed by atoms with Crippen molar-refractivity contribution in [2.24, 2.45) is 5.92 Å². The second kappa shape index (κ2) is 4.88. The summed E-state index contributed by atoms with van der Waals surface area (Å²) in [6.07, 6.45) is 5.48. The second-order valence-electron chi connectivity index (χ2n) is 5.89. The van der Waals surface area contributed by atoms with Crippen LogP contribution in [-0.2, 0) is 6.54 Å². The zero-order valence-corrected chi connectivity index (χ0v) is 11.4. The van der Waals surface area contributed by atoms with Crippen LogP contribution in [0.2, 0.25) is 0 Å². The van der Waals surface area contributed by atoms with E-state index in [4.69, 9.17) is 4.98 Å². The molecule has 0 unspecified atom stereocenters. The van der Waals surface area contributed by atoms with Crippen LogP contribution < -0.4 is 10.2 Å². The number of nitrogens with zero attached hydrogens (tertiary/aromatic N) is 2. The third-order valence-corrected chi connectivity index (χ3v) is 3.96. The fourth-order valence-corrected chi connectivity index (χ4v) is 2.30. The van der Waals surface area contributed by atoms with Gasteiger partial charge < -0.3 is 10.2 Å². The molecule has 98 valence electrons. The highest BCUT2D eigenvalue weighted by Crippen LogP contribution is 2.30. The Labute approximate surface area is 110 Å². The lowest BCUT2D eigenvalue weighted by Gasteiger charge is -2.19. The van der Waals surface area contributed by atoms with Crippen molar-refractivity contribution in [1.82, 2.24) is 10.3 Å². The summed E-state index contributed by atoms with van der Waals surface area (Å²) >= 11 is 0. The fraction of sp³-hybridized carbons (Fsp3) is 0.667. The number of aromatic nitrogens is 1. The van der Waals surface area contributed by atoms with Gasteiger partial charge in [-0.15, -0.1) is 0 Å². The summed E-state index contributed by atoms with van der Waals surface area (Å²) in [5, 5.41) is 3.55. The quantitative estimate of drug-likeness (QED) is 0.834. The van der Waals surface area contributed by atoms with E-state index in [0.717, 1.165) is 30.9 Å². The average molecular weight is 245 g/mol. The molecule has 0 aromatic carbocycles. The van der Waals surface area contributed by atoms with Gasteiger partial charge in [0.2, 0.25) is 0 Å². The van der Waals surface area contributed by atoms with Crippen LogP contribution in [0.4, 0.5) is 5.82 Å². The van der Waals surface area contributed by atoms with E-state index in [0.29, 0.717) is 0 Å². The number of aryl methyl sites for hydroxylation is 1. The van der Waals surface area contributed by atoms with E-state index in [1.165, 1.54) is 36.9 Å².